The van der Waals surface area contributed by atoms with E-state index in [4.69, 9.17) is 14.1 Å². The molecule has 7 heteroatoms. The predicted molar refractivity (Wildman–Crippen MR) is 121 cm³/mol. The van der Waals surface area contributed by atoms with Gasteiger partial charge in [-0.1, -0.05) is 32.0 Å². The number of nitrogens with one attached hydrogen (secondary N) is 2. The first kappa shape index (κ1) is 21.1. The topological polar surface area (TPSA) is 71.7 Å². The summed E-state index contributed by atoms with van der Waals surface area (Å²) in [6.45, 7) is 8.77. The highest BCUT2D eigenvalue weighted by molar-refractivity contribution is 14.0. The van der Waals surface area contributed by atoms with Crippen molar-refractivity contribution in [3.05, 3.63) is 42.3 Å². The Morgan fingerprint density at radius 1 is 1.29 bits per heavy atom. The van der Waals surface area contributed by atoms with E-state index in [0.29, 0.717) is 30.5 Å². The van der Waals surface area contributed by atoms with Crippen molar-refractivity contribution in [3.8, 4) is 11.5 Å². The van der Waals surface area contributed by atoms with Crippen molar-refractivity contribution >= 4 is 29.9 Å². The van der Waals surface area contributed by atoms with Crippen LogP contribution in [0.25, 0.3) is 11.5 Å². The zero-order valence-electron chi connectivity index (χ0n) is 16.6. The van der Waals surface area contributed by atoms with Gasteiger partial charge in [0.05, 0.1) is 12.6 Å². The number of aliphatic imine (C=N–C) groups is 1. The molecule has 1 aliphatic heterocycles. The number of oxazole rings is 1. The van der Waals surface area contributed by atoms with Gasteiger partial charge in [0.1, 0.15) is 12.0 Å². The molecule has 4 rings (SSSR count). The number of benzene rings is 1. The number of halogens is 1. The van der Waals surface area contributed by atoms with E-state index in [1.54, 1.807) is 6.26 Å². The van der Waals surface area contributed by atoms with Crippen molar-refractivity contribution in [2.45, 2.75) is 45.9 Å². The van der Waals surface area contributed by atoms with E-state index in [0.717, 1.165) is 36.8 Å². The fraction of sp³-hybridized carbons (Fsp3) is 0.524. The van der Waals surface area contributed by atoms with Crippen molar-refractivity contribution in [2.24, 2.45) is 16.3 Å². The molecule has 1 aromatic heterocycles. The summed E-state index contributed by atoms with van der Waals surface area (Å²) < 4.78 is 11.5. The van der Waals surface area contributed by atoms with Gasteiger partial charge in [0, 0.05) is 36.1 Å². The van der Waals surface area contributed by atoms with E-state index in [9.17, 15) is 0 Å². The van der Waals surface area contributed by atoms with E-state index in [1.807, 2.05) is 30.3 Å². The third kappa shape index (κ3) is 4.05. The SMILES string of the molecule is CCNC(=NCc1coc(-c2ccccc2)n1)NC1C2CCOC2C1(C)C.I. The first-order valence-electron chi connectivity index (χ1n) is 9.76. The monoisotopic (exact) mass is 496 g/mol. The van der Waals surface area contributed by atoms with E-state index in [2.05, 4.69) is 36.4 Å². The third-order valence-corrected chi connectivity index (χ3v) is 5.71. The number of fused-ring (bicyclic) bond motifs is 1. The van der Waals surface area contributed by atoms with Gasteiger partial charge in [-0.25, -0.2) is 9.98 Å². The number of hydrogen-bond donors (Lipinski definition) is 2. The minimum atomic E-state index is 0. The Labute approximate surface area is 183 Å². The Kier molecular flexibility index (Phi) is 6.65. The third-order valence-electron chi connectivity index (χ3n) is 5.71. The van der Waals surface area contributed by atoms with Crippen molar-refractivity contribution in [1.82, 2.24) is 15.6 Å². The Morgan fingerprint density at radius 2 is 2.07 bits per heavy atom. The summed E-state index contributed by atoms with van der Waals surface area (Å²) in [5.41, 5.74) is 1.91. The summed E-state index contributed by atoms with van der Waals surface area (Å²) >= 11 is 0. The molecule has 1 saturated carbocycles. The molecular formula is C21H29IN4O2. The first-order chi connectivity index (χ1) is 13.1. The van der Waals surface area contributed by atoms with Crippen molar-refractivity contribution < 1.29 is 9.15 Å². The molecule has 2 fully saturated rings. The molecular weight excluding hydrogens is 467 g/mol. The molecule has 2 aromatic rings. The van der Waals surface area contributed by atoms with Gasteiger partial charge in [0.2, 0.25) is 5.89 Å². The minimum absolute atomic E-state index is 0. The van der Waals surface area contributed by atoms with Crippen LogP contribution in [0.2, 0.25) is 0 Å². The van der Waals surface area contributed by atoms with Crippen LogP contribution < -0.4 is 10.6 Å². The van der Waals surface area contributed by atoms with Gasteiger partial charge in [-0.2, -0.15) is 0 Å². The summed E-state index contributed by atoms with van der Waals surface area (Å²) in [7, 11) is 0. The predicted octanol–water partition coefficient (Wildman–Crippen LogP) is 3.83. The Balaban J connectivity index is 0.00000225. The lowest BCUT2D eigenvalue weighted by Gasteiger charge is -2.54. The van der Waals surface area contributed by atoms with Crippen molar-refractivity contribution in [3.63, 3.8) is 0 Å². The molecule has 3 unspecified atom stereocenters. The lowest BCUT2D eigenvalue weighted by atomic mass is 9.57. The molecule has 6 nitrogen and oxygen atoms in total. The Morgan fingerprint density at radius 3 is 2.82 bits per heavy atom. The van der Waals surface area contributed by atoms with Gasteiger partial charge < -0.3 is 19.8 Å². The standard InChI is InChI=1S/C21H28N4O2.HI/c1-4-22-20(25-17-16-10-11-26-18(16)21(17,2)3)23-12-15-13-27-19(24-15)14-8-6-5-7-9-14;/h5-9,13,16-18H,4,10-12H2,1-3H3,(H2,22,23,25);1H. The summed E-state index contributed by atoms with van der Waals surface area (Å²) in [5, 5.41) is 6.97. The fourth-order valence-corrected chi connectivity index (χ4v) is 4.34. The molecule has 2 aliphatic rings. The normalized spacial score (nSPS) is 25.4. The lowest BCUT2D eigenvalue weighted by Crippen LogP contribution is -2.67. The Bertz CT molecular complexity index is 806. The number of hydrogen-bond acceptors (Lipinski definition) is 4. The van der Waals surface area contributed by atoms with Crippen molar-refractivity contribution in [1.29, 1.82) is 0 Å². The first-order valence-corrected chi connectivity index (χ1v) is 9.76. The van der Waals surface area contributed by atoms with Gasteiger partial charge in [-0.05, 0) is 25.5 Å². The van der Waals surface area contributed by atoms with Crippen molar-refractivity contribution in [2.75, 3.05) is 13.2 Å². The number of nitrogens with zero attached hydrogens (tertiary/aromatic N) is 2. The maximum absolute atomic E-state index is 5.89. The molecule has 28 heavy (non-hydrogen) atoms. The second-order valence-corrected chi connectivity index (χ2v) is 7.89. The van der Waals surface area contributed by atoms with Crippen LogP contribution in [0.3, 0.4) is 0 Å². The second-order valence-electron chi connectivity index (χ2n) is 7.89. The van der Waals surface area contributed by atoms with Crippen LogP contribution in [0.5, 0.6) is 0 Å². The molecule has 0 amide bonds. The van der Waals surface area contributed by atoms with Crippen LogP contribution in [0.1, 0.15) is 32.9 Å². The summed E-state index contributed by atoms with van der Waals surface area (Å²) in [6, 6.07) is 10.3. The molecule has 0 radical (unpaired) electrons. The molecule has 2 N–H and O–H groups in total. The van der Waals surface area contributed by atoms with Crippen LogP contribution in [0, 0.1) is 11.3 Å². The van der Waals surface area contributed by atoms with Crippen LogP contribution in [0.15, 0.2) is 46.0 Å². The van der Waals surface area contributed by atoms with E-state index in [1.165, 1.54) is 0 Å². The van der Waals surface area contributed by atoms with Crippen LogP contribution in [0.4, 0.5) is 0 Å². The van der Waals surface area contributed by atoms with Gasteiger partial charge in [0.15, 0.2) is 5.96 Å². The van der Waals surface area contributed by atoms with E-state index in [-0.39, 0.29) is 29.4 Å². The minimum Gasteiger partial charge on any atom is -0.444 e. The second kappa shape index (κ2) is 8.82. The lowest BCUT2D eigenvalue weighted by molar-refractivity contribution is -0.106. The van der Waals surface area contributed by atoms with Gasteiger partial charge >= 0.3 is 0 Å². The smallest absolute Gasteiger partial charge is 0.226 e. The van der Waals surface area contributed by atoms with E-state index < -0.39 is 0 Å². The average Bonchev–Trinajstić information content (AvgIpc) is 3.33. The molecule has 152 valence electrons. The molecule has 0 bridgehead atoms. The maximum Gasteiger partial charge on any atom is 0.226 e. The summed E-state index contributed by atoms with van der Waals surface area (Å²) in [4.78, 5) is 9.28. The molecule has 2 heterocycles. The summed E-state index contributed by atoms with van der Waals surface area (Å²) in [5.74, 6) is 2.02. The zero-order chi connectivity index (χ0) is 18.9. The fourth-order valence-electron chi connectivity index (χ4n) is 4.34. The number of ether oxygens (including phenoxy) is 1. The Hall–Kier alpha value is -1.61. The molecule has 1 aromatic carbocycles. The van der Waals surface area contributed by atoms with Crippen LogP contribution in [-0.4, -0.2) is 36.2 Å². The highest BCUT2D eigenvalue weighted by Gasteiger charge is 2.59. The average molecular weight is 496 g/mol. The molecule has 0 spiro atoms. The molecule has 1 aliphatic carbocycles. The van der Waals surface area contributed by atoms with Gasteiger partial charge in [0.25, 0.3) is 0 Å². The largest absolute Gasteiger partial charge is 0.444 e. The van der Waals surface area contributed by atoms with E-state index >= 15 is 0 Å². The number of aromatic nitrogens is 1. The van der Waals surface area contributed by atoms with Crippen LogP contribution >= 0.6 is 24.0 Å². The van der Waals surface area contributed by atoms with Crippen LogP contribution in [-0.2, 0) is 11.3 Å². The molecule has 1 saturated heterocycles. The highest BCUT2D eigenvalue weighted by atomic mass is 127. The number of guanidine groups is 1. The van der Waals surface area contributed by atoms with Gasteiger partial charge in [-0.3, -0.25) is 0 Å². The number of rotatable bonds is 5. The quantitative estimate of drug-likeness (QED) is 0.374. The highest BCUT2D eigenvalue weighted by Crippen LogP contribution is 2.52. The van der Waals surface area contributed by atoms with Gasteiger partial charge in [-0.15, -0.1) is 24.0 Å². The molecule has 3 atom stereocenters. The zero-order valence-corrected chi connectivity index (χ0v) is 19.0. The summed E-state index contributed by atoms with van der Waals surface area (Å²) in [6.07, 6.45) is 3.17. The maximum atomic E-state index is 5.89.